The van der Waals surface area contributed by atoms with Crippen molar-refractivity contribution in [3.63, 3.8) is 0 Å². The average Bonchev–Trinajstić information content (AvgIpc) is 2.49. The van der Waals surface area contributed by atoms with Crippen LogP contribution >= 0.6 is 0 Å². The van der Waals surface area contributed by atoms with Crippen LogP contribution in [0.3, 0.4) is 0 Å². The van der Waals surface area contributed by atoms with E-state index in [1.54, 1.807) is 19.4 Å². The Morgan fingerprint density at radius 3 is 2.48 bits per heavy atom. The molecule has 0 fully saturated rings. The zero-order valence-electron chi connectivity index (χ0n) is 12.6. The van der Waals surface area contributed by atoms with Gasteiger partial charge in [0.25, 0.3) is 0 Å². The van der Waals surface area contributed by atoms with Crippen LogP contribution < -0.4 is 10.6 Å². The maximum Gasteiger partial charge on any atom is 0.224 e. The Hall–Kier alpha value is -2.43. The lowest BCUT2D eigenvalue weighted by atomic mass is 10.1. The van der Waals surface area contributed by atoms with E-state index in [4.69, 9.17) is 0 Å². The quantitative estimate of drug-likeness (QED) is 0.883. The highest BCUT2D eigenvalue weighted by atomic mass is 16.1. The molecule has 5 nitrogen and oxygen atoms in total. The molecule has 1 aromatic heterocycles. The van der Waals surface area contributed by atoms with Crippen molar-refractivity contribution in [1.82, 2.24) is 15.3 Å². The molecule has 21 heavy (non-hydrogen) atoms. The molecule has 2 aromatic rings. The third kappa shape index (κ3) is 4.02. The lowest BCUT2D eigenvalue weighted by Crippen LogP contribution is -2.19. The summed E-state index contributed by atoms with van der Waals surface area (Å²) >= 11 is 0. The van der Waals surface area contributed by atoms with Crippen LogP contribution in [0.2, 0.25) is 0 Å². The van der Waals surface area contributed by atoms with Crippen molar-refractivity contribution in [1.29, 1.82) is 0 Å². The predicted octanol–water partition coefficient (Wildman–Crippen LogP) is 2.25. The SMILES string of the molecule is CNC(=O)Cc1ccc(NC(C)c2nccnc2C)cc1. The lowest BCUT2D eigenvalue weighted by Gasteiger charge is -2.16. The molecule has 0 bridgehead atoms. The lowest BCUT2D eigenvalue weighted by molar-refractivity contribution is -0.119. The van der Waals surface area contributed by atoms with Gasteiger partial charge in [0.2, 0.25) is 5.91 Å². The van der Waals surface area contributed by atoms with Crippen molar-refractivity contribution in [2.45, 2.75) is 26.3 Å². The molecule has 0 spiro atoms. The molecule has 5 heteroatoms. The molecule has 2 N–H and O–H groups in total. The minimum Gasteiger partial charge on any atom is -0.377 e. The average molecular weight is 284 g/mol. The van der Waals surface area contributed by atoms with Crippen LogP contribution in [0.4, 0.5) is 5.69 Å². The summed E-state index contributed by atoms with van der Waals surface area (Å²) in [5.74, 6) is 0.0132. The van der Waals surface area contributed by atoms with Gasteiger partial charge in [-0.2, -0.15) is 0 Å². The molecule has 2 rings (SSSR count). The van der Waals surface area contributed by atoms with Gasteiger partial charge in [-0.3, -0.25) is 14.8 Å². The van der Waals surface area contributed by atoms with Crippen LogP contribution in [0.15, 0.2) is 36.7 Å². The summed E-state index contributed by atoms with van der Waals surface area (Å²) in [6.45, 7) is 4.00. The minimum atomic E-state index is 0.0132. The first-order chi connectivity index (χ1) is 10.1. The van der Waals surface area contributed by atoms with Crippen molar-refractivity contribution in [2.75, 3.05) is 12.4 Å². The normalized spacial score (nSPS) is 11.8. The van der Waals surface area contributed by atoms with Gasteiger partial charge < -0.3 is 10.6 Å². The summed E-state index contributed by atoms with van der Waals surface area (Å²) in [6, 6.07) is 7.92. The summed E-state index contributed by atoms with van der Waals surface area (Å²) in [5.41, 5.74) is 3.84. The van der Waals surface area contributed by atoms with Gasteiger partial charge in [0.05, 0.1) is 23.9 Å². The topological polar surface area (TPSA) is 66.9 Å². The molecule has 1 amide bonds. The number of amides is 1. The van der Waals surface area contributed by atoms with E-state index in [0.717, 1.165) is 22.6 Å². The molecule has 1 heterocycles. The van der Waals surface area contributed by atoms with Crippen LogP contribution in [0.5, 0.6) is 0 Å². The summed E-state index contributed by atoms with van der Waals surface area (Å²) in [6.07, 6.45) is 3.79. The Morgan fingerprint density at radius 2 is 1.86 bits per heavy atom. The number of anilines is 1. The molecule has 1 aromatic carbocycles. The van der Waals surface area contributed by atoms with Gasteiger partial charge in [-0.05, 0) is 31.5 Å². The molecule has 1 unspecified atom stereocenters. The first-order valence-corrected chi connectivity index (χ1v) is 6.93. The van der Waals surface area contributed by atoms with Gasteiger partial charge >= 0.3 is 0 Å². The first kappa shape index (κ1) is 15.0. The largest absolute Gasteiger partial charge is 0.377 e. The summed E-state index contributed by atoms with van der Waals surface area (Å²) in [7, 11) is 1.64. The Bertz CT molecular complexity index is 610. The number of nitrogens with one attached hydrogen (secondary N) is 2. The number of hydrogen-bond acceptors (Lipinski definition) is 4. The molecular formula is C16H20N4O. The third-order valence-corrected chi connectivity index (χ3v) is 3.31. The fraction of sp³-hybridized carbons (Fsp3) is 0.312. The molecule has 0 aliphatic carbocycles. The van der Waals surface area contributed by atoms with E-state index in [0.29, 0.717) is 6.42 Å². The maximum absolute atomic E-state index is 11.3. The van der Waals surface area contributed by atoms with Crippen molar-refractivity contribution < 1.29 is 4.79 Å². The van der Waals surface area contributed by atoms with Crippen molar-refractivity contribution in [3.8, 4) is 0 Å². The predicted molar refractivity (Wildman–Crippen MR) is 83.0 cm³/mol. The highest BCUT2D eigenvalue weighted by Crippen LogP contribution is 2.19. The highest BCUT2D eigenvalue weighted by Gasteiger charge is 2.10. The second-order valence-electron chi connectivity index (χ2n) is 4.94. The van der Waals surface area contributed by atoms with Gasteiger partial charge in [0.15, 0.2) is 0 Å². The van der Waals surface area contributed by atoms with Crippen molar-refractivity contribution >= 4 is 11.6 Å². The second-order valence-corrected chi connectivity index (χ2v) is 4.94. The first-order valence-electron chi connectivity index (χ1n) is 6.93. The van der Waals surface area contributed by atoms with E-state index < -0.39 is 0 Å². The number of likely N-dealkylation sites (N-methyl/N-ethyl adjacent to an activating group) is 1. The fourth-order valence-electron chi connectivity index (χ4n) is 2.15. The standard InChI is InChI=1S/C16H20N4O/c1-11-16(19-9-8-18-11)12(2)20-14-6-4-13(5-7-14)10-15(21)17-3/h4-9,12,20H,10H2,1-3H3,(H,17,21). The smallest absolute Gasteiger partial charge is 0.224 e. The number of aryl methyl sites for hydroxylation is 1. The van der Waals surface area contributed by atoms with Crippen LogP contribution in [0.25, 0.3) is 0 Å². The van der Waals surface area contributed by atoms with Crippen LogP contribution in [-0.2, 0) is 11.2 Å². The van der Waals surface area contributed by atoms with E-state index in [9.17, 15) is 4.79 Å². The fourth-order valence-corrected chi connectivity index (χ4v) is 2.15. The molecule has 0 saturated carbocycles. The molecule has 0 aliphatic heterocycles. The number of benzene rings is 1. The van der Waals surface area contributed by atoms with E-state index in [2.05, 4.69) is 27.5 Å². The van der Waals surface area contributed by atoms with Crippen molar-refractivity contribution in [3.05, 3.63) is 53.6 Å². The Labute approximate surface area is 124 Å². The molecular weight excluding hydrogens is 264 g/mol. The van der Waals surface area contributed by atoms with E-state index >= 15 is 0 Å². The highest BCUT2D eigenvalue weighted by molar-refractivity contribution is 5.78. The van der Waals surface area contributed by atoms with Crippen LogP contribution in [0, 0.1) is 6.92 Å². The Morgan fingerprint density at radius 1 is 1.19 bits per heavy atom. The Balaban J connectivity index is 2.03. The van der Waals surface area contributed by atoms with E-state index in [1.165, 1.54) is 0 Å². The summed E-state index contributed by atoms with van der Waals surface area (Å²) in [4.78, 5) is 19.9. The number of nitrogens with zero attached hydrogens (tertiary/aromatic N) is 2. The number of carbonyl (C=O) groups is 1. The van der Waals surface area contributed by atoms with Gasteiger partial charge in [0.1, 0.15) is 0 Å². The summed E-state index contributed by atoms with van der Waals surface area (Å²) < 4.78 is 0. The number of hydrogen-bond donors (Lipinski definition) is 2. The van der Waals surface area contributed by atoms with Crippen LogP contribution in [0.1, 0.15) is 29.9 Å². The molecule has 1 atom stereocenters. The van der Waals surface area contributed by atoms with Gasteiger partial charge in [-0.1, -0.05) is 12.1 Å². The van der Waals surface area contributed by atoms with E-state index in [1.807, 2.05) is 31.2 Å². The van der Waals surface area contributed by atoms with E-state index in [-0.39, 0.29) is 11.9 Å². The van der Waals surface area contributed by atoms with Gasteiger partial charge in [-0.25, -0.2) is 0 Å². The molecule has 0 radical (unpaired) electrons. The van der Waals surface area contributed by atoms with Gasteiger partial charge in [0, 0.05) is 25.1 Å². The van der Waals surface area contributed by atoms with Gasteiger partial charge in [-0.15, -0.1) is 0 Å². The maximum atomic E-state index is 11.3. The number of carbonyl (C=O) groups excluding carboxylic acids is 1. The molecule has 110 valence electrons. The zero-order chi connectivity index (χ0) is 15.2. The second kappa shape index (κ2) is 6.83. The third-order valence-electron chi connectivity index (χ3n) is 3.31. The number of rotatable bonds is 5. The molecule has 0 aliphatic rings. The molecule has 0 saturated heterocycles. The van der Waals surface area contributed by atoms with Crippen molar-refractivity contribution in [2.24, 2.45) is 0 Å². The zero-order valence-corrected chi connectivity index (χ0v) is 12.6. The van der Waals surface area contributed by atoms with Crippen LogP contribution in [-0.4, -0.2) is 22.9 Å². The summed E-state index contributed by atoms with van der Waals surface area (Å²) in [5, 5.41) is 6.01. The Kier molecular flexibility index (Phi) is 4.87. The number of aromatic nitrogens is 2. The monoisotopic (exact) mass is 284 g/mol. The minimum absolute atomic E-state index is 0.0132.